The summed E-state index contributed by atoms with van der Waals surface area (Å²) in [5.41, 5.74) is 0.314. The molecule has 0 atom stereocenters. The van der Waals surface area contributed by atoms with Crippen LogP contribution in [0.4, 0.5) is 4.39 Å². The molecule has 2 rings (SSSR count). The smallest absolute Gasteiger partial charge is 0.207 e. The molecule has 2 aromatic rings. The van der Waals surface area contributed by atoms with Crippen molar-refractivity contribution in [1.29, 1.82) is 0 Å². The fourth-order valence-corrected chi connectivity index (χ4v) is 4.70. The first-order chi connectivity index (χ1) is 11.2. The monoisotopic (exact) mass is 433 g/mol. The van der Waals surface area contributed by atoms with Gasteiger partial charge in [0.2, 0.25) is 10.0 Å². The van der Waals surface area contributed by atoms with Crippen LogP contribution < -0.4 is 0 Å². The SMILES string of the molecule is CC(C)CN(Cc1ccc(Br)cc1F)S(=O)(=O)c1ccccc1Cl. The Morgan fingerprint density at radius 1 is 1.21 bits per heavy atom. The predicted octanol–water partition coefficient (Wildman–Crippen LogP) is 5.09. The highest BCUT2D eigenvalue weighted by molar-refractivity contribution is 9.10. The minimum atomic E-state index is -3.83. The standard InChI is InChI=1S/C17H18BrClFNO2S/c1-12(2)10-21(11-13-7-8-14(18)9-16(13)20)24(22,23)17-6-4-3-5-15(17)19/h3-9,12H,10-11H2,1-2H3. The minimum absolute atomic E-state index is 0.0323. The van der Waals surface area contributed by atoms with E-state index < -0.39 is 15.8 Å². The number of hydrogen-bond donors (Lipinski definition) is 0. The van der Waals surface area contributed by atoms with Crippen molar-refractivity contribution < 1.29 is 12.8 Å². The quantitative estimate of drug-likeness (QED) is 0.635. The first kappa shape index (κ1) is 19.4. The Morgan fingerprint density at radius 3 is 2.46 bits per heavy atom. The first-order valence-corrected chi connectivity index (χ1v) is 10.0. The van der Waals surface area contributed by atoms with E-state index >= 15 is 0 Å². The maximum atomic E-state index is 14.1. The van der Waals surface area contributed by atoms with Crippen LogP contribution in [0.15, 0.2) is 51.8 Å². The number of rotatable bonds is 6. The average molecular weight is 435 g/mol. The summed E-state index contributed by atoms with van der Waals surface area (Å²) in [7, 11) is -3.83. The van der Waals surface area contributed by atoms with Gasteiger partial charge >= 0.3 is 0 Å². The van der Waals surface area contributed by atoms with Gasteiger partial charge in [0.05, 0.1) is 5.02 Å². The van der Waals surface area contributed by atoms with Gasteiger partial charge < -0.3 is 0 Å². The summed E-state index contributed by atoms with van der Waals surface area (Å²) in [5, 5.41) is 0.155. The maximum Gasteiger partial charge on any atom is 0.244 e. The second kappa shape index (κ2) is 7.95. The number of nitrogens with zero attached hydrogens (tertiary/aromatic N) is 1. The topological polar surface area (TPSA) is 37.4 Å². The highest BCUT2D eigenvalue weighted by Gasteiger charge is 2.28. The molecule has 0 unspecified atom stereocenters. The zero-order valence-electron chi connectivity index (χ0n) is 13.3. The van der Waals surface area contributed by atoms with Crippen LogP contribution >= 0.6 is 27.5 Å². The van der Waals surface area contributed by atoms with Gasteiger partial charge in [0.15, 0.2) is 0 Å². The lowest BCUT2D eigenvalue weighted by Gasteiger charge is -2.24. The Labute approximate surface area is 155 Å². The molecule has 0 bridgehead atoms. The minimum Gasteiger partial charge on any atom is -0.207 e. The van der Waals surface area contributed by atoms with Crippen LogP contribution in [0, 0.1) is 11.7 Å². The van der Waals surface area contributed by atoms with Crippen LogP contribution in [-0.2, 0) is 16.6 Å². The molecule has 0 amide bonds. The van der Waals surface area contributed by atoms with E-state index in [0.29, 0.717) is 10.0 Å². The van der Waals surface area contributed by atoms with E-state index in [1.165, 1.54) is 22.5 Å². The van der Waals surface area contributed by atoms with Gasteiger partial charge in [-0.25, -0.2) is 12.8 Å². The lowest BCUT2D eigenvalue weighted by Crippen LogP contribution is -2.34. The van der Waals surface area contributed by atoms with Crippen molar-refractivity contribution in [3.63, 3.8) is 0 Å². The van der Waals surface area contributed by atoms with E-state index in [4.69, 9.17) is 11.6 Å². The molecule has 0 spiro atoms. The number of hydrogen-bond acceptors (Lipinski definition) is 2. The Morgan fingerprint density at radius 2 is 1.88 bits per heavy atom. The molecule has 2 aromatic carbocycles. The third-order valence-corrected chi connectivity index (χ3v) is 6.19. The van der Waals surface area contributed by atoms with E-state index in [0.717, 1.165) is 0 Å². The van der Waals surface area contributed by atoms with Gasteiger partial charge in [-0.3, -0.25) is 0 Å². The van der Waals surface area contributed by atoms with Gasteiger partial charge in [-0.2, -0.15) is 4.31 Å². The average Bonchev–Trinajstić information content (AvgIpc) is 2.49. The summed E-state index contributed by atoms with van der Waals surface area (Å²) in [4.78, 5) is 0.0323. The van der Waals surface area contributed by atoms with Gasteiger partial charge in [0, 0.05) is 23.1 Å². The molecule has 0 aliphatic rings. The van der Waals surface area contributed by atoms with E-state index in [1.54, 1.807) is 24.3 Å². The van der Waals surface area contributed by atoms with Gasteiger partial charge in [-0.15, -0.1) is 0 Å². The molecule has 0 saturated heterocycles. The molecule has 0 fully saturated rings. The molecular weight excluding hydrogens is 417 g/mol. The zero-order chi connectivity index (χ0) is 17.9. The van der Waals surface area contributed by atoms with E-state index in [1.807, 2.05) is 13.8 Å². The Kier molecular flexibility index (Phi) is 6.42. The molecule has 130 valence electrons. The van der Waals surface area contributed by atoms with Gasteiger partial charge in [0.25, 0.3) is 0 Å². The van der Waals surface area contributed by atoms with Gasteiger partial charge in [-0.05, 0) is 30.2 Å². The highest BCUT2D eigenvalue weighted by Crippen LogP contribution is 2.27. The Bertz CT molecular complexity index is 827. The number of benzene rings is 2. The summed E-state index contributed by atoms with van der Waals surface area (Å²) in [6.45, 7) is 4.04. The van der Waals surface area contributed by atoms with E-state index in [2.05, 4.69) is 15.9 Å². The predicted molar refractivity (Wildman–Crippen MR) is 98.0 cm³/mol. The summed E-state index contributed by atoms with van der Waals surface area (Å²) in [6, 6.07) is 10.9. The summed E-state index contributed by atoms with van der Waals surface area (Å²) >= 11 is 9.26. The van der Waals surface area contributed by atoms with E-state index in [9.17, 15) is 12.8 Å². The normalized spacial score (nSPS) is 12.1. The van der Waals surface area contributed by atoms with Crippen LogP contribution in [-0.4, -0.2) is 19.3 Å². The summed E-state index contributed by atoms with van der Waals surface area (Å²) in [5.74, 6) is -0.367. The second-order valence-electron chi connectivity index (χ2n) is 5.86. The first-order valence-electron chi connectivity index (χ1n) is 7.40. The third-order valence-electron chi connectivity index (χ3n) is 3.39. The van der Waals surface area contributed by atoms with Crippen LogP contribution in [0.25, 0.3) is 0 Å². The van der Waals surface area contributed by atoms with Crippen molar-refractivity contribution in [2.24, 2.45) is 5.92 Å². The molecule has 0 radical (unpaired) electrons. The maximum absolute atomic E-state index is 14.1. The molecule has 24 heavy (non-hydrogen) atoms. The van der Waals surface area contributed by atoms with Crippen molar-refractivity contribution in [3.05, 3.63) is 63.3 Å². The van der Waals surface area contributed by atoms with Crippen molar-refractivity contribution in [1.82, 2.24) is 4.31 Å². The Balaban J connectivity index is 2.43. The van der Waals surface area contributed by atoms with Crippen molar-refractivity contribution in [2.45, 2.75) is 25.3 Å². The molecule has 7 heteroatoms. The van der Waals surface area contributed by atoms with Crippen molar-refractivity contribution in [3.8, 4) is 0 Å². The molecule has 0 saturated carbocycles. The summed E-state index contributed by atoms with van der Waals surface area (Å²) in [6.07, 6.45) is 0. The van der Waals surface area contributed by atoms with Crippen LogP contribution in [0.1, 0.15) is 19.4 Å². The molecule has 0 aliphatic carbocycles. The molecular formula is C17H18BrClFNO2S. The second-order valence-corrected chi connectivity index (χ2v) is 9.09. The van der Waals surface area contributed by atoms with Crippen LogP contribution in [0.5, 0.6) is 0 Å². The molecule has 0 aromatic heterocycles. The molecule has 0 aliphatic heterocycles. The molecule has 0 heterocycles. The number of sulfonamides is 1. The summed E-state index contributed by atoms with van der Waals surface area (Å²) < 4.78 is 42.0. The highest BCUT2D eigenvalue weighted by atomic mass is 79.9. The lowest BCUT2D eigenvalue weighted by atomic mass is 10.2. The zero-order valence-corrected chi connectivity index (χ0v) is 16.5. The van der Waals surface area contributed by atoms with Gasteiger partial charge in [0.1, 0.15) is 10.7 Å². The van der Waals surface area contributed by atoms with Gasteiger partial charge in [-0.1, -0.05) is 59.6 Å². The molecule has 3 nitrogen and oxygen atoms in total. The molecule has 0 N–H and O–H groups in total. The van der Waals surface area contributed by atoms with E-state index in [-0.39, 0.29) is 28.9 Å². The van der Waals surface area contributed by atoms with Crippen molar-refractivity contribution >= 4 is 37.6 Å². The van der Waals surface area contributed by atoms with Crippen LogP contribution in [0.2, 0.25) is 5.02 Å². The fourth-order valence-electron chi connectivity index (χ4n) is 2.29. The number of halogens is 3. The van der Waals surface area contributed by atoms with Crippen molar-refractivity contribution in [2.75, 3.05) is 6.54 Å². The lowest BCUT2D eigenvalue weighted by molar-refractivity contribution is 0.357. The third kappa shape index (κ3) is 4.57. The van der Waals surface area contributed by atoms with Crippen LogP contribution in [0.3, 0.4) is 0 Å². The fraction of sp³-hybridized carbons (Fsp3) is 0.294. The Hall–Kier alpha value is -0.950. The largest absolute Gasteiger partial charge is 0.244 e.